The third kappa shape index (κ3) is 4.12. The predicted octanol–water partition coefficient (Wildman–Crippen LogP) is 2.73. The van der Waals surface area contributed by atoms with Crippen LogP contribution in [0.5, 0.6) is 0 Å². The van der Waals surface area contributed by atoms with Crippen LogP contribution < -0.4 is 5.32 Å². The molecule has 0 bridgehead atoms. The van der Waals surface area contributed by atoms with Crippen LogP contribution in [-0.2, 0) is 0 Å². The van der Waals surface area contributed by atoms with E-state index in [-0.39, 0.29) is 5.91 Å². The van der Waals surface area contributed by atoms with Gasteiger partial charge in [0.05, 0.1) is 11.4 Å². The zero-order valence-electron chi connectivity index (χ0n) is 16.2. The van der Waals surface area contributed by atoms with E-state index in [4.69, 9.17) is 0 Å². The van der Waals surface area contributed by atoms with Gasteiger partial charge in [0, 0.05) is 19.1 Å². The maximum Gasteiger partial charge on any atom is 0.273 e. The number of amides is 1. The molecular weight excluding hydrogens is 326 g/mol. The number of likely N-dealkylation sites (tertiary alicyclic amines) is 1. The van der Waals surface area contributed by atoms with E-state index in [1.54, 1.807) is 4.68 Å². The molecule has 1 aliphatic rings. The Labute approximate surface area is 155 Å². The number of nitrogens with zero attached hydrogens (tertiary/aromatic N) is 4. The van der Waals surface area contributed by atoms with Crippen LogP contribution in [-0.4, -0.2) is 51.5 Å². The van der Waals surface area contributed by atoms with Crippen molar-refractivity contribution in [2.24, 2.45) is 5.92 Å². The molecule has 140 valence electrons. The highest BCUT2D eigenvalue weighted by atomic mass is 16.2. The number of hydrogen-bond acceptors (Lipinski definition) is 4. The Morgan fingerprint density at radius 2 is 2.19 bits per heavy atom. The first kappa shape index (κ1) is 18.6. The second-order valence-electron chi connectivity index (χ2n) is 7.58. The first-order valence-electron chi connectivity index (χ1n) is 9.47. The fraction of sp³-hybridized carbons (Fsp3) is 0.550. The normalized spacial score (nSPS) is 19.3. The highest BCUT2D eigenvalue weighted by Crippen LogP contribution is 2.17. The van der Waals surface area contributed by atoms with Gasteiger partial charge in [0.15, 0.2) is 5.69 Å². The molecule has 1 N–H and O–H groups in total. The molecule has 0 spiro atoms. The van der Waals surface area contributed by atoms with Gasteiger partial charge >= 0.3 is 0 Å². The fourth-order valence-corrected chi connectivity index (χ4v) is 3.62. The van der Waals surface area contributed by atoms with Crippen LogP contribution in [0.3, 0.4) is 0 Å². The van der Waals surface area contributed by atoms with Crippen molar-refractivity contribution < 1.29 is 4.79 Å². The minimum Gasteiger partial charge on any atom is -0.349 e. The summed E-state index contributed by atoms with van der Waals surface area (Å²) in [5.74, 6) is 0.580. The van der Waals surface area contributed by atoms with Crippen molar-refractivity contribution in [3.05, 3.63) is 41.2 Å². The van der Waals surface area contributed by atoms with E-state index in [1.165, 1.54) is 12.8 Å². The second kappa shape index (κ2) is 7.99. The van der Waals surface area contributed by atoms with Gasteiger partial charge in [-0.1, -0.05) is 24.3 Å². The summed E-state index contributed by atoms with van der Waals surface area (Å²) in [6.07, 6.45) is 2.54. The summed E-state index contributed by atoms with van der Waals surface area (Å²) in [6, 6.07) is 8.34. The number of benzene rings is 1. The summed E-state index contributed by atoms with van der Waals surface area (Å²) in [6.45, 7) is 11.2. The molecule has 0 aliphatic carbocycles. The smallest absolute Gasteiger partial charge is 0.273 e. The van der Waals surface area contributed by atoms with Gasteiger partial charge in [-0.3, -0.25) is 9.69 Å². The lowest BCUT2D eigenvalue weighted by Crippen LogP contribution is -2.46. The molecule has 2 heterocycles. The lowest BCUT2D eigenvalue weighted by molar-refractivity contribution is 0.0912. The van der Waals surface area contributed by atoms with Crippen molar-refractivity contribution in [3.63, 3.8) is 0 Å². The fourth-order valence-electron chi connectivity index (χ4n) is 3.62. The van der Waals surface area contributed by atoms with Crippen molar-refractivity contribution in [1.82, 2.24) is 25.2 Å². The SMILES string of the molecule is Cc1cccc(-n2nnc(C(=O)NCC(C)N3CCCC(C)C3)c2C)c1. The minimum absolute atomic E-state index is 0.154. The Balaban J connectivity index is 1.63. The van der Waals surface area contributed by atoms with E-state index in [2.05, 4.69) is 34.4 Å². The van der Waals surface area contributed by atoms with Crippen molar-refractivity contribution in [2.45, 2.75) is 46.6 Å². The molecule has 1 saturated heterocycles. The van der Waals surface area contributed by atoms with E-state index < -0.39 is 0 Å². The third-order valence-corrected chi connectivity index (χ3v) is 5.23. The van der Waals surface area contributed by atoms with Gasteiger partial charge in [0.25, 0.3) is 5.91 Å². The van der Waals surface area contributed by atoms with Crippen LogP contribution in [0.4, 0.5) is 0 Å². The zero-order chi connectivity index (χ0) is 18.7. The number of aromatic nitrogens is 3. The van der Waals surface area contributed by atoms with E-state index in [1.807, 2.05) is 38.1 Å². The first-order valence-corrected chi connectivity index (χ1v) is 9.47. The third-order valence-electron chi connectivity index (χ3n) is 5.23. The monoisotopic (exact) mass is 355 g/mol. The Morgan fingerprint density at radius 1 is 1.38 bits per heavy atom. The minimum atomic E-state index is -0.154. The Bertz CT molecular complexity index is 769. The van der Waals surface area contributed by atoms with E-state index in [9.17, 15) is 4.79 Å². The number of piperidine rings is 1. The van der Waals surface area contributed by atoms with Gasteiger partial charge in [-0.15, -0.1) is 5.10 Å². The first-order chi connectivity index (χ1) is 12.5. The van der Waals surface area contributed by atoms with Gasteiger partial charge in [-0.2, -0.15) is 0 Å². The summed E-state index contributed by atoms with van der Waals surface area (Å²) in [7, 11) is 0. The molecule has 0 radical (unpaired) electrons. The molecule has 1 aromatic heterocycles. The van der Waals surface area contributed by atoms with Crippen LogP contribution in [0, 0.1) is 19.8 Å². The van der Waals surface area contributed by atoms with Crippen LogP contribution in [0.25, 0.3) is 5.69 Å². The van der Waals surface area contributed by atoms with Gasteiger partial charge in [-0.25, -0.2) is 4.68 Å². The summed E-state index contributed by atoms with van der Waals surface area (Å²) >= 11 is 0. The van der Waals surface area contributed by atoms with Gasteiger partial charge < -0.3 is 5.32 Å². The Hall–Kier alpha value is -2.21. The van der Waals surface area contributed by atoms with Crippen LogP contribution >= 0.6 is 0 Å². The molecule has 2 unspecified atom stereocenters. The molecule has 1 aliphatic heterocycles. The van der Waals surface area contributed by atoms with E-state index in [0.29, 0.717) is 18.3 Å². The highest BCUT2D eigenvalue weighted by Gasteiger charge is 2.22. The maximum atomic E-state index is 12.6. The average Bonchev–Trinajstić information content (AvgIpc) is 3.01. The lowest BCUT2D eigenvalue weighted by Gasteiger charge is -2.35. The van der Waals surface area contributed by atoms with E-state index >= 15 is 0 Å². The topological polar surface area (TPSA) is 63.1 Å². The molecule has 26 heavy (non-hydrogen) atoms. The standard InChI is InChI=1S/C20H29N5O/c1-14-7-5-9-18(11-14)25-17(4)19(22-23-25)20(26)21-12-16(3)24-10-6-8-15(2)13-24/h5,7,9,11,15-16H,6,8,10,12-13H2,1-4H3,(H,21,26). The van der Waals surface area contributed by atoms with Crippen molar-refractivity contribution in [1.29, 1.82) is 0 Å². The number of carbonyl (C=O) groups is 1. The lowest BCUT2D eigenvalue weighted by atomic mass is 9.99. The number of aryl methyl sites for hydroxylation is 1. The second-order valence-corrected chi connectivity index (χ2v) is 7.58. The zero-order valence-corrected chi connectivity index (χ0v) is 16.2. The molecule has 1 amide bonds. The van der Waals surface area contributed by atoms with Crippen molar-refractivity contribution >= 4 is 5.91 Å². The molecule has 3 rings (SSSR count). The quantitative estimate of drug-likeness (QED) is 0.896. The largest absolute Gasteiger partial charge is 0.349 e. The van der Waals surface area contributed by atoms with Crippen LogP contribution in [0.1, 0.15) is 48.4 Å². The molecule has 1 fully saturated rings. The Kier molecular flexibility index (Phi) is 5.71. The highest BCUT2D eigenvalue weighted by molar-refractivity contribution is 5.93. The number of rotatable bonds is 5. The summed E-state index contributed by atoms with van der Waals surface area (Å²) in [5, 5.41) is 11.3. The van der Waals surface area contributed by atoms with Gasteiger partial charge in [0.1, 0.15) is 0 Å². The molecule has 6 nitrogen and oxygen atoms in total. The molecule has 2 aromatic rings. The molecule has 6 heteroatoms. The number of nitrogens with one attached hydrogen (secondary N) is 1. The number of hydrogen-bond donors (Lipinski definition) is 1. The van der Waals surface area contributed by atoms with E-state index in [0.717, 1.165) is 36.0 Å². The average molecular weight is 355 g/mol. The predicted molar refractivity (Wildman–Crippen MR) is 103 cm³/mol. The van der Waals surface area contributed by atoms with Crippen LogP contribution in [0.2, 0.25) is 0 Å². The van der Waals surface area contributed by atoms with Gasteiger partial charge in [0.2, 0.25) is 0 Å². The maximum absolute atomic E-state index is 12.6. The van der Waals surface area contributed by atoms with Gasteiger partial charge in [-0.05, 0) is 63.8 Å². The van der Waals surface area contributed by atoms with Crippen LogP contribution in [0.15, 0.2) is 24.3 Å². The summed E-state index contributed by atoms with van der Waals surface area (Å²) in [5.41, 5.74) is 3.22. The Morgan fingerprint density at radius 3 is 2.92 bits per heavy atom. The summed E-state index contributed by atoms with van der Waals surface area (Å²) in [4.78, 5) is 15.0. The van der Waals surface area contributed by atoms with Crippen molar-refractivity contribution in [3.8, 4) is 5.69 Å². The van der Waals surface area contributed by atoms with Crippen molar-refractivity contribution in [2.75, 3.05) is 19.6 Å². The molecule has 0 saturated carbocycles. The molecule has 2 atom stereocenters. The number of carbonyl (C=O) groups excluding carboxylic acids is 1. The molecular formula is C20H29N5O. The molecule has 1 aromatic carbocycles. The summed E-state index contributed by atoms with van der Waals surface area (Å²) < 4.78 is 1.72.